The van der Waals surface area contributed by atoms with Crippen molar-refractivity contribution in [1.82, 2.24) is 45.5 Å². The number of aromatic nitrogens is 4. The summed E-state index contributed by atoms with van der Waals surface area (Å²) in [5.41, 5.74) is 0.628. The Hall–Kier alpha value is -5.22. The molecule has 0 aliphatic carbocycles. The third-order valence-electron chi connectivity index (χ3n) is 8.61. The highest BCUT2D eigenvalue weighted by Crippen LogP contribution is 2.42. The van der Waals surface area contributed by atoms with Crippen molar-refractivity contribution in [2.75, 3.05) is 58.8 Å². The number of phenolic OH excluding ortho intramolecular Hbond substituents is 1. The fourth-order valence-electron chi connectivity index (χ4n) is 6.01. The first-order chi connectivity index (χ1) is 25.5. The number of hydrogen-bond acceptors (Lipinski definition) is 14. The smallest absolute Gasteiger partial charge is 0.355 e. The van der Waals surface area contributed by atoms with Gasteiger partial charge in [-0.3, -0.25) is 33.8 Å². The number of carbonyl (C=O) groups is 7. The minimum absolute atomic E-state index is 0.0773. The van der Waals surface area contributed by atoms with Gasteiger partial charge in [0.2, 0.25) is 11.1 Å². The number of carboxylic acids is 1. The third-order valence-corrected chi connectivity index (χ3v) is 11.1. The lowest BCUT2D eigenvalue weighted by Crippen LogP contribution is -2.71. The van der Waals surface area contributed by atoms with E-state index in [-0.39, 0.29) is 54.7 Å². The molecule has 4 heterocycles. The fourth-order valence-corrected chi connectivity index (χ4v) is 8.34. The molecular weight excluding hydrogens is 749 g/mol. The number of hydrogen-bond donors (Lipinski definition) is 4. The molecule has 22 heteroatoms. The number of imide groups is 1. The van der Waals surface area contributed by atoms with Gasteiger partial charge in [0, 0.05) is 38.2 Å². The molecule has 4 N–H and O–H groups in total. The van der Waals surface area contributed by atoms with E-state index in [0.717, 1.165) is 0 Å². The van der Waals surface area contributed by atoms with Crippen molar-refractivity contribution in [3.05, 3.63) is 41.1 Å². The van der Waals surface area contributed by atoms with Crippen LogP contribution in [-0.2, 0) is 40.6 Å². The molecular formula is C32H41N10O10S2+. The van der Waals surface area contributed by atoms with Gasteiger partial charge in [-0.2, -0.15) is 0 Å². The molecule has 54 heavy (non-hydrogen) atoms. The number of aliphatic carboxylic acids is 1. The first-order valence-electron chi connectivity index (χ1n) is 16.7. The minimum atomic E-state index is -1.47. The van der Waals surface area contributed by atoms with Gasteiger partial charge in [-0.1, -0.05) is 23.9 Å². The van der Waals surface area contributed by atoms with E-state index < -0.39 is 71.6 Å². The average Bonchev–Trinajstić information content (AvgIpc) is 3.52. The van der Waals surface area contributed by atoms with Gasteiger partial charge in [-0.25, -0.2) is 14.3 Å². The number of urea groups is 1. The average molecular weight is 790 g/mol. The largest absolute Gasteiger partial charge is 0.508 e. The van der Waals surface area contributed by atoms with E-state index in [4.69, 9.17) is 4.74 Å². The van der Waals surface area contributed by atoms with Crippen molar-refractivity contribution < 1.29 is 53.0 Å². The molecule has 1 unspecified atom stereocenters. The number of nitrogens with one attached hydrogen (secondary N) is 2. The maximum atomic E-state index is 13.9. The predicted molar refractivity (Wildman–Crippen MR) is 190 cm³/mol. The molecule has 4 atom stereocenters. The Balaban J connectivity index is 1.38. The van der Waals surface area contributed by atoms with E-state index in [1.165, 1.54) is 62.3 Å². The molecule has 0 bridgehead atoms. The van der Waals surface area contributed by atoms with Crippen molar-refractivity contribution in [1.29, 1.82) is 0 Å². The number of quaternary nitrogens is 1. The standard InChI is InChI=1S/C32H40N10O10S2/c1-6-39-11-12-40(28(49)27(39)48)31(51)34-22(17-7-9-19(43)10-8-17)25(46)33-23-26(47)41-24(30(50)52-20(13-21(44)45)14-42(3,4)5)18(15-53-29(23)41)16-54-32-35-36-37-38(32)2/h7-10,20,22-23,29H,6,11-16H2,1-5H3,(H3-,33,34,43,44,45,46,51)/p+1/t20?,22-,23-,29-/m1/s1. The van der Waals surface area contributed by atoms with Gasteiger partial charge < -0.3 is 35.0 Å². The van der Waals surface area contributed by atoms with E-state index in [2.05, 4.69) is 26.2 Å². The number of β-lactam (4-membered cyclic amide) rings is 1. The Labute approximate surface area is 317 Å². The maximum absolute atomic E-state index is 13.9. The van der Waals surface area contributed by atoms with Gasteiger partial charge in [-0.05, 0) is 40.6 Å². The summed E-state index contributed by atoms with van der Waals surface area (Å²) in [4.78, 5) is 95.1. The predicted octanol–water partition coefficient (Wildman–Crippen LogP) is -1.10. The Morgan fingerprint density at radius 3 is 2.41 bits per heavy atom. The maximum Gasteiger partial charge on any atom is 0.355 e. The van der Waals surface area contributed by atoms with Crippen LogP contribution in [0.15, 0.2) is 40.7 Å². The summed E-state index contributed by atoms with van der Waals surface area (Å²) < 4.78 is 7.49. The summed E-state index contributed by atoms with van der Waals surface area (Å²) in [6, 6.07) is 1.69. The van der Waals surface area contributed by atoms with Crippen LogP contribution in [0.25, 0.3) is 0 Å². The normalized spacial score (nSPS) is 19.9. The number of ether oxygens (including phenoxy) is 1. The number of nitrogens with zero attached hydrogens (tertiary/aromatic N) is 8. The van der Waals surface area contributed by atoms with Crippen molar-refractivity contribution >= 4 is 65.1 Å². The molecule has 3 aliphatic rings. The molecule has 1 aromatic carbocycles. The Morgan fingerprint density at radius 2 is 1.80 bits per heavy atom. The molecule has 6 amide bonds. The molecule has 2 saturated heterocycles. The van der Waals surface area contributed by atoms with Crippen LogP contribution in [0, 0.1) is 0 Å². The second-order valence-corrected chi connectivity index (χ2v) is 15.7. The summed E-state index contributed by atoms with van der Waals surface area (Å²) in [6.07, 6.45) is -1.49. The summed E-state index contributed by atoms with van der Waals surface area (Å²) in [6.45, 7) is 2.14. The first-order valence-corrected chi connectivity index (χ1v) is 18.8. The van der Waals surface area contributed by atoms with Crippen LogP contribution in [0.2, 0.25) is 0 Å². The molecule has 3 aliphatic heterocycles. The van der Waals surface area contributed by atoms with E-state index in [0.29, 0.717) is 20.1 Å². The number of rotatable bonds is 14. The minimum Gasteiger partial charge on any atom is -0.508 e. The van der Waals surface area contributed by atoms with E-state index >= 15 is 0 Å². The molecule has 2 aromatic rings. The highest BCUT2D eigenvalue weighted by Gasteiger charge is 2.55. The van der Waals surface area contributed by atoms with E-state index in [1.54, 1.807) is 14.0 Å². The number of piperazine rings is 1. The summed E-state index contributed by atoms with van der Waals surface area (Å²) in [5, 5.41) is 35.6. The highest BCUT2D eigenvalue weighted by molar-refractivity contribution is 8.01. The molecule has 2 fully saturated rings. The van der Waals surface area contributed by atoms with Crippen molar-refractivity contribution in [2.24, 2.45) is 7.05 Å². The van der Waals surface area contributed by atoms with E-state index in [1.807, 2.05) is 21.1 Å². The number of amides is 6. The number of carbonyl (C=O) groups excluding carboxylic acids is 6. The highest BCUT2D eigenvalue weighted by atomic mass is 32.2. The monoisotopic (exact) mass is 789 g/mol. The number of phenols is 1. The molecule has 1 aromatic heterocycles. The fraction of sp³-hybridized carbons (Fsp3) is 0.500. The number of aromatic hydroxyl groups is 1. The number of fused-ring (bicyclic) bond motifs is 1. The lowest BCUT2D eigenvalue weighted by molar-refractivity contribution is -0.873. The zero-order valence-corrected chi connectivity index (χ0v) is 31.8. The van der Waals surface area contributed by atoms with Crippen LogP contribution in [0.5, 0.6) is 5.75 Å². The Morgan fingerprint density at radius 1 is 1.09 bits per heavy atom. The van der Waals surface area contributed by atoms with Crippen molar-refractivity contribution in [2.45, 2.75) is 42.1 Å². The molecule has 5 rings (SSSR count). The zero-order valence-electron chi connectivity index (χ0n) is 30.1. The SMILES string of the molecule is CCN1CCN(C(=O)N[C@@H](C(=O)N[C@@H]2C(=O)N3C(C(=O)OC(CC(=O)O)C[N+](C)(C)C)=C(CSc4nnnn4C)CS[C@H]23)c2ccc(O)cc2)C(=O)C1=O. The molecule has 0 spiro atoms. The lowest BCUT2D eigenvalue weighted by atomic mass is 10.0. The van der Waals surface area contributed by atoms with E-state index in [9.17, 15) is 43.8 Å². The topological polar surface area (TPSA) is 247 Å². The summed E-state index contributed by atoms with van der Waals surface area (Å²) >= 11 is 2.48. The number of thioether (sulfide) groups is 2. The number of benzene rings is 1. The van der Waals surface area contributed by atoms with Crippen LogP contribution < -0.4 is 10.6 Å². The second kappa shape index (κ2) is 16.4. The first kappa shape index (κ1) is 40.0. The van der Waals surface area contributed by atoms with Gasteiger partial charge in [-0.15, -0.1) is 16.9 Å². The number of carboxylic acid groups (broad SMARTS) is 1. The van der Waals surface area contributed by atoms with Crippen LogP contribution in [-0.4, -0.2) is 168 Å². The van der Waals surface area contributed by atoms with Gasteiger partial charge in [0.1, 0.15) is 35.4 Å². The van der Waals surface area contributed by atoms with Crippen molar-refractivity contribution in [3.8, 4) is 5.75 Å². The number of likely N-dealkylation sites (N-methyl/N-ethyl adjacent to an activating group) is 2. The molecule has 0 radical (unpaired) electrons. The number of aryl methyl sites for hydroxylation is 1. The van der Waals surface area contributed by atoms with Crippen LogP contribution >= 0.6 is 23.5 Å². The summed E-state index contributed by atoms with van der Waals surface area (Å²) in [7, 11) is 7.09. The van der Waals surface area contributed by atoms with Crippen LogP contribution in [0.3, 0.4) is 0 Å². The van der Waals surface area contributed by atoms with Gasteiger partial charge in [0.25, 0.3) is 5.91 Å². The van der Waals surface area contributed by atoms with Crippen LogP contribution in [0.4, 0.5) is 4.79 Å². The third kappa shape index (κ3) is 8.93. The van der Waals surface area contributed by atoms with Crippen LogP contribution in [0.1, 0.15) is 24.9 Å². The Kier molecular flexibility index (Phi) is 12.2. The van der Waals surface area contributed by atoms with Gasteiger partial charge >= 0.3 is 29.8 Å². The molecule has 290 valence electrons. The number of tetrazole rings is 1. The molecule has 0 saturated carbocycles. The van der Waals surface area contributed by atoms with Gasteiger partial charge in [0.05, 0.1) is 27.6 Å². The lowest BCUT2D eigenvalue weighted by Gasteiger charge is -2.50. The number of esters is 1. The quantitative estimate of drug-likeness (QED) is 0.0583. The Bertz CT molecular complexity index is 1860. The second-order valence-electron chi connectivity index (χ2n) is 13.6. The molecule has 20 nitrogen and oxygen atoms in total. The van der Waals surface area contributed by atoms with Gasteiger partial charge in [0.15, 0.2) is 6.10 Å². The summed E-state index contributed by atoms with van der Waals surface area (Å²) in [5.74, 6) is -5.21. The van der Waals surface area contributed by atoms with Crippen molar-refractivity contribution in [3.63, 3.8) is 0 Å². The zero-order chi connectivity index (χ0) is 39.5.